The molecule has 5 fully saturated rings. The Morgan fingerprint density at radius 3 is 2.54 bits per heavy atom. The Hall–Kier alpha value is -4.07. The summed E-state index contributed by atoms with van der Waals surface area (Å²) in [5.74, 6) is 4.48. The van der Waals surface area contributed by atoms with Crippen LogP contribution in [0.5, 0.6) is 5.75 Å². The van der Waals surface area contributed by atoms with Crippen LogP contribution in [0, 0.1) is 42.9 Å². The third kappa shape index (κ3) is 4.31. The maximum absolute atomic E-state index is 9.75. The fraction of sp³-hybridized carbons (Fsp3) is 0.452. The first-order chi connectivity index (χ1) is 20.0. The number of anilines is 1. The van der Waals surface area contributed by atoms with Crippen LogP contribution in [-0.2, 0) is 11.3 Å². The second-order valence-corrected chi connectivity index (χ2v) is 12.0. The Morgan fingerprint density at radius 1 is 1.05 bits per heavy atom. The van der Waals surface area contributed by atoms with Crippen molar-refractivity contribution in [3.63, 3.8) is 0 Å². The summed E-state index contributed by atoms with van der Waals surface area (Å²) in [5.41, 5.74) is 5.20. The molecule has 10 heteroatoms. The minimum absolute atomic E-state index is 0.482. The van der Waals surface area contributed by atoms with Gasteiger partial charge in [0.1, 0.15) is 23.5 Å². The zero-order valence-corrected chi connectivity index (χ0v) is 23.3. The van der Waals surface area contributed by atoms with Gasteiger partial charge in [-0.2, -0.15) is 10.4 Å². The number of hydrogen-bond donors (Lipinski definition) is 0. The molecule has 41 heavy (non-hydrogen) atoms. The van der Waals surface area contributed by atoms with E-state index in [1.807, 2.05) is 38.4 Å². The van der Waals surface area contributed by atoms with Crippen LogP contribution in [0.3, 0.4) is 0 Å². The molecule has 208 valence electrons. The van der Waals surface area contributed by atoms with E-state index in [-0.39, 0.29) is 0 Å². The number of piperidine rings is 1. The highest BCUT2D eigenvalue weighted by atomic mass is 16.5. The highest BCUT2D eigenvalue weighted by Gasteiger charge is 2.54. The standard InChI is InChI=1S/C31H32N8O2/c1-18-5-19(2)36-29(35-18)14-38-22-6-23(38)12-37(11-22)30-4-3-20(9-33-30)25-7-24(13-39-31(25)21(8-32)10-34-39)41-17-28-26-15-40-16-27(26)28/h3-5,7,9-10,13,22-23,26-28H,6,11-12,14-17H2,1-2H3. The molecule has 4 aliphatic heterocycles. The fourth-order valence-electron chi connectivity index (χ4n) is 7.17. The molecule has 8 heterocycles. The summed E-state index contributed by atoms with van der Waals surface area (Å²) in [5, 5.41) is 14.2. The average molecular weight is 549 g/mol. The smallest absolute Gasteiger partial charge is 0.142 e. The van der Waals surface area contributed by atoms with Crippen LogP contribution < -0.4 is 9.64 Å². The lowest BCUT2D eigenvalue weighted by Crippen LogP contribution is -2.68. The van der Waals surface area contributed by atoms with Gasteiger partial charge in [-0.05, 0) is 56.4 Å². The maximum atomic E-state index is 9.75. The van der Waals surface area contributed by atoms with E-state index in [1.54, 1.807) is 10.7 Å². The highest BCUT2D eigenvalue weighted by molar-refractivity contribution is 5.85. The van der Waals surface area contributed by atoms with E-state index < -0.39 is 0 Å². The summed E-state index contributed by atoms with van der Waals surface area (Å²) < 4.78 is 13.5. The molecule has 4 unspecified atom stereocenters. The molecule has 9 rings (SSSR count). The van der Waals surface area contributed by atoms with Gasteiger partial charge in [-0.1, -0.05) is 0 Å². The molecule has 4 atom stereocenters. The molecule has 2 bridgehead atoms. The molecule has 0 amide bonds. The number of piperazine rings is 1. The van der Waals surface area contributed by atoms with Crippen LogP contribution in [-0.4, -0.2) is 74.5 Å². The number of aromatic nitrogens is 5. The Kier molecular flexibility index (Phi) is 5.72. The quantitative estimate of drug-likeness (QED) is 0.344. The molecule has 1 aliphatic carbocycles. The van der Waals surface area contributed by atoms with Gasteiger partial charge in [0, 0.05) is 59.8 Å². The summed E-state index contributed by atoms with van der Waals surface area (Å²) >= 11 is 0. The predicted molar refractivity (Wildman–Crippen MR) is 151 cm³/mol. The van der Waals surface area contributed by atoms with E-state index in [9.17, 15) is 5.26 Å². The Bertz CT molecular complexity index is 1640. The van der Waals surface area contributed by atoms with E-state index >= 15 is 0 Å². The molecule has 4 aromatic rings. The number of pyridine rings is 2. The van der Waals surface area contributed by atoms with E-state index in [2.05, 4.69) is 43.1 Å². The van der Waals surface area contributed by atoms with Crippen molar-refractivity contribution in [1.82, 2.24) is 29.5 Å². The van der Waals surface area contributed by atoms with Gasteiger partial charge in [-0.25, -0.2) is 19.5 Å². The average Bonchev–Trinajstić information content (AvgIpc) is 3.29. The fourth-order valence-corrected chi connectivity index (χ4v) is 7.17. The van der Waals surface area contributed by atoms with Gasteiger partial charge in [0.25, 0.3) is 0 Å². The summed E-state index contributed by atoms with van der Waals surface area (Å²) in [6.45, 7) is 9.12. The summed E-state index contributed by atoms with van der Waals surface area (Å²) in [4.78, 5) is 19.1. The Morgan fingerprint density at radius 2 is 1.83 bits per heavy atom. The molecule has 0 aromatic carbocycles. The molecule has 1 saturated carbocycles. The zero-order chi connectivity index (χ0) is 27.7. The van der Waals surface area contributed by atoms with E-state index in [0.29, 0.717) is 42.0 Å². The number of aryl methyl sites for hydroxylation is 2. The number of ether oxygens (including phenoxy) is 2. The number of hydrogen-bond acceptors (Lipinski definition) is 9. The first-order valence-electron chi connectivity index (χ1n) is 14.4. The summed E-state index contributed by atoms with van der Waals surface area (Å²) in [7, 11) is 0. The van der Waals surface area contributed by atoms with Crippen LogP contribution in [0.4, 0.5) is 5.82 Å². The Labute approximate surface area is 238 Å². The first-order valence-corrected chi connectivity index (χ1v) is 14.4. The normalized spacial score (nSPS) is 26.5. The minimum Gasteiger partial charge on any atom is -0.492 e. The van der Waals surface area contributed by atoms with Gasteiger partial charge in [-0.3, -0.25) is 4.90 Å². The Balaban J connectivity index is 0.995. The van der Waals surface area contributed by atoms with Crippen molar-refractivity contribution < 1.29 is 9.47 Å². The van der Waals surface area contributed by atoms with Gasteiger partial charge >= 0.3 is 0 Å². The second kappa shape index (κ2) is 9.50. The van der Waals surface area contributed by atoms with Gasteiger partial charge in [0.05, 0.1) is 49.8 Å². The molecule has 0 spiro atoms. The number of rotatable bonds is 7. The summed E-state index contributed by atoms with van der Waals surface area (Å²) in [6, 6.07) is 11.5. The lowest BCUT2D eigenvalue weighted by Gasteiger charge is -2.56. The SMILES string of the molecule is Cc1cc(C)nc(CN2C3CC2CN(c2ccc(-c4cc(OCC5C6COCC65)cn5ncc(C#N)c45)cn2)C3)n1. The van der Waals surface area contributed by atoms with Crippen molar-refractivity contribution in [3.8, 4) is 22.9 Å². The molecule has 4 aromatic heterocycles. The molecule has 4 saturated heterocycles. The van der Waals surface area contributed by atoms with E-state index in [4.69, 9.17) is 14.5 Å². The number of nitriles is 1. The molecule has 0 radical (unpaired) electrons. The van der Waals surface area contributed by atoms with Gasteiger partial charge in [-0.15, -0.1) is 0 Å². The van der Waals surface area contributed by atoms with Crippen molar-refractivity contribution in [1.29, 1.82) is 5.26 Å². The van der Waals surface area contributed by atoms with Crippen LogP contribution in [0.1, 0.15) is 29.2 Å². The van der Waals surface area contributed by atoms with Crippen molar-refractivity contribution >= 4 is 11.3 Å². The van der Waals surface area contributed by atoms with E-state index in [0.717, 1.165) is 78.3 Å². The van der Waals surface area contributed by atoms with Gasteiger partial charge in [0.15, 0.2) is 0 Å². The highest BCUT2D eigenvalue weighted by Crippen LogP contribution is 2.50. The number of nitrogens with zero attached hydrogens (tertiary/aromatic N) is 8. The van der Waals surface area contributed by atoms with Crippen LogP contribution in [0.25, 0.3) is 16.6 Å². The monoisotopic (exact) mass is 548 g/mol. The van der Waals surface area contributed by atoms with Crippen molar-refractivity contribution in [2.75, 3.05) is 37.8 Å². The maximum Gasteiger partial charge on any atom is 0.142 e. The van der Waals surface area contributed by atoms with Crippen LogP contribution in [0.2, 0.25) is 0 Å². The van der Waals surface area contributed by atoms with Crippen molar-refractivity contribution in [2.45, 2.75) is 38.9 Å². The molecular weight excluding hydrogens is 516 g/mol. The van der Waals surface area contributed by atoms with Crippen LogP contribution >= 0.6 is 0 Å². The van der Waals surface area contributed by atoms with Crippen molar-refractivity contribution in [3.05, 3.63) is 65.6 Å². The largest absolute Gasteiger partial charge is 0.492 e. The van der Waals surface area contributed by atoms with Gasteiger partial charge < -0.3 is 14.4 Å². The van der Waals surface area contributed by atoms with E-state index in [1.165, 1.54) is 6.42 Å². The third-order valence-corrected chi connectivity index (χ3v) is 9.36. The molecule has 0 N–H and O–H groups in total. The summed E-state index contributed by atoms with van der Waals surface area (Å²) in [6.07, 6.45) is 6.59. The molecule has 5 aliphatic rings. The topological polar surface area (TPSA) is 105 Å². The molecule has 10 nitrogen and oxygen atoms in total. The lowest BCUT2D eigenvalue weighted by molar-refractivity contribution is -0.0108. The zero-order valence-electron chi connectivity index (χ0n) is 23.3. The third-order valence-electron chi connectivity index (χ3n) is 9.36. The predicted octanol–water partition coefficient (Wildman–Crippen LogP) is 3.41. The molecular formula is C31H32N8O2. The van der Waals surface area contributed by atoms with Crippen molar-refractivity contribution in [2.24, 2.45) is 17.8 Å². The second-order valence-electron chi connectivity index (χ2n) is 12.0. The number of fused-ring (bicyclic) bond motifs is 4. The lowest BCUT2D eigenvalue weighted by atomic mass is 9.87. The first kappa shape index (κ1) is 24.7. The van der Waals surface area contributed by atoms with Gasteiger partial charge in [0.2, 0.25) is 0 Å². The van der Waals surface area contributed by atoms with Crippen LogP contribution in [0.15, 0.2) is 42.9 Å². The minimum atomic E-state index is 0.482.